The molecule has 1 fully saturated rings. The van der Waals surface area contributed by atoms with Gasteiger partial charge >= 0.3 is 0 Å². The van der Waals surface area contributed by atoms with Crippen molar-refractivity contribution < 1.29 is 14.3 Å². The zero-order valence-electron chi connectivity index (χ0n) is 13.5. The van der Waals surface area contributed by atoms with Gasteiger partial charge in [0.05, 0.1) is 25.1 Å². The predicted octanol–water partition coefficient (Wildman–Crippen LogP) is 1.11. The second kappa shape index (κ2) is 7.00. The normalized spacial score (nSPS) is 18.7. The molecule has 3 rings (SSSR count). The summed E-state index contributed by atoms with van der Waals surface area (Å²) in [4.78, 5) is 28.3. The van der Waals surface area contributed by atoms with Crippen LogP contribution in [-0.4, -0.2) is 60.9 Å². The topological polar surface area (TPSA) is 61.9 Å². The number of anilines is 1. The summed E-state index contributed by atoms with van der Waals surface area (Å²) in [6, 6.07) is 5.58. The number of carbonyl (C=O) groups excluding carboxylic acids is 2. The number of benzene rings is 1. The lowest BCUT2D eigenvalue weighted by atomic mass is 10.1. The van der Waals surface area contributed by atoms with E-state index in [2.05, 4.69) is 17.1 Å². The highest BCUT2D eigenvalue weighted by Crippen LogP contribution is 2.28. The van der Waals surface area contributed by atoms with Gasteiger partial charge in [0.25, 0.3) is 0 Å². The number of piperazine rings is 1. The molecule has 2 aliphatic rings. The van der Waals surface area contributed by atoms with Crippen molar-refractivity contribution in [2.24, 2.45) is 0 Å². The van der Waals surface area contributed by atoms with Gasteiger partial charge < -0.3 is 19.9 Å². The van der Waals surface area contributed by atoms with E-state index in [1.54, 1.807) is 0 Å². The molecule has 1 N–H and O–H groups in total. The smallest absolute Gasteiger partial charge is 0.227 e. The van der Waals surface area contributed by atoms with Crippen LogP contribution < -0.4 is 10.1 Å². The van der Waals surface area contributed by atoms with E-state index in [-0.39, 0.29) is 11.8 Å². The molecule has 0 bridgehead atoms. The summed E-state index contributed by atoms with van der Waals surface area (Å²) in [6.07, 6.45) is 0.708. The van der Waals surface area contributed by atoms with Crippen LogP contribution in [0, 0.1) is 0 Å². The summed E-state index contributed by atoms with van der Waals surface area (Å²) in [6.45, 7) is 7.02. The van der Waals surface area contributed by atoms with Crippen LogP contribution in [0.5, 0.6) is 5.75 Å². The fourth-order valence-electron chi connectivity index (χ4n) is 2.98. The van der Waals surface area contributed by atoms with Crippen molar-refractivity contribution in [1.82, 2.24) is 9.80 Å². The second-order valence-electron chi connectivity index (χ2n) is 5.97. The Morgan fingerprint density at radius 3 is 2.78 bits per heavy atom. The molecule has 2 aliphatic heterocycles. The zero-order valence-corrected chi connectivity index (χ0v) is 13.5. The van der Waals surface area contributed by atoms with Crippen molar-refractivity contribution in [2.75, 3.05) is 44.6 Å². The molecular weight excluding hydrogens is 294 g/mol. The quantitative estimate of drug-likeness (QED) is 0.907. The predicted molar refractivity (Wildman–Crippen MR) is 87.6 cm³/mol. The molecule has 2 amide bonds. The van der Waals surface area contributed by atoms with Gasteiger partial charge in [-0.3, -0.25) is 9.59 Å². The summed E-state index contributed by atoms with van der Waals surface area (Å²) < 4.78 is 5.54. The fraction of sp³-hybridized carbons (Fsp3) is 0.529. The summed E-state index contributed by atoms with van der Waals surface area (Å²) >= 11 is 0. The Hall–Kier alpha value is -2.08. The molecule has 0 saturated carbocycles. The number of ether oxygens (including phenoxy) is 1. The van der Waals surface area contributed by atoms with Gasteiger partial charge in [0.15, 0.2) is 0 Å². The van der Waals surface area contributed by atoms with Gasteiger partial charge in [-0.05, 0) is 24.2 Å². The number of carbonyl (C=O) groups is 2. The first kappa shape index (κ1) is 15.8. The third-order valence-electron chi connectivity index (χ3n) is 4.43. The van der Waals surface area contributed by atoms with Crippen molar-refractivity contribution in [3.8, 4) is 5.75 Å². The molecule has 0 radical (unpaired) electrons. The third kappa shape index (κ3) is 3.82. The maximum atomic E-state index is 12.5. The molecule has 23 heavy (non-hydrogen) atoms. The van der Waals surface area contributed by atoms with Crippen LogP contribution >= 0.6 is 0 Å². The maximum Gasteiger partial charge on any atom is 0.227 e. The number of nitrogens with zero attached hydrogens (tertiary/aromatic N) is 2. The van der Waals surface area contributed by atoms with E-state index >= 15 is 0 Å². The van der Waals surface area contributed by atoms with Gasteiger partial charge in [-0.25, -0.2) is 0 Å². The lowest BCUT2D eigenvalue weighted by Crippen LogP contribution is -2.48. The highest BCUT2D eigenvalue weighted by Gasteiger charge is 2.21. The Labute approximate surface area is 136 Å². The first-order valence-electron chi connectivity index (χ1n) is 8.21. The van der Waals surface area contributed by atoms with E-state index in [0.717, 1.165) is 38.3 Å². The lowest BCUT2D eigenvalue weighted by molar-refractivity contribution is -0.132. The van der Waals surface area contributed by atoms with E-state index in [1.165, 1.54) is 0 Å². The molecule has 0 unspecified atom stereocenters. The SMILES string of the molecule is CCN1CCN(C(=O)Cc2ccc3c(c2)NC(=O)CCO3)CC1. The average molecular weight is 317 g/mol. The van der Waals surface area contributed by atoms with Crippen molar-refractivity contribution in [1.29, 1.82) is 0 Å². The average Bonchev–Trinajstić information content (AvgIpc) is 2.75. The van der Waals surface area contributed by atoms with Gasteiger partial charge in [0, 0.05) is 26.2 Å². The van der Waals surface area contributed by atoms with Crippen molar-refractivity contribution >= 4 is 17.5 Å². The minimum atomic E-state index is -0.0529. The van der Waals surface area contributed by atoms with Gasteiger partial charge in [0.2, 0.25) is 11.8 Å². The molecule has 2 heterocycles. The molecule has 1 aromatic carbocycles. The minimum absolute atomic E-state index is 0.0529. The first-order valence-corrected chi connectivity index (χ1v) is 8.21. The molecular formula is C17H23N3O3. The van der Waals surface area contributed by atoms with E-state index in [9.17, 15) is 9.59 Å². The summed E-state index contributed by atoms with van der Waals surface area (Å²) in [5.41, 5.74) is 1.56. The highest BCUT2D eigenvalue weighted by atomic mass is 16.5. The molecule has 6 nitrogen and oxygen atoms in total. The Bertz CT molecular complexity index is 595. The second-order valence-corrected chi connectivity index (χ2v) is 5.97. The van der Waals surface area contributed by atoms with Gasteiger partial charge in [-0.1, -0.05) is 13.0 Å². The number of fused-ring (bicyclic) bond motifs is 1. The van der Waals surface area contributed by atoms with Crippen LogP contribution in [0.4, 0.5) is 5.69 Å². The van der Waals surface area contributed by atoms with Gasteiger partial charge in [-0.2, -0.15) is 0 Å². The first-order chi connectivity index (χ1) is 11.2. The van der Waals surface area contributed by atoms with E-state index in [0.29, 0.717) is 30.9 Å². The zero-order chi connectivity index (χ0) is 16.2. The van der Waals surface area contributed by atoms with Crippen LogP contribution in [0.1, 0.15) is 18.9 Å². The largest absolute Gasteiger partial charge is 0.491 e. The monoisotopic (exact) mass is 317 g/mol. The van der Waals surface area contributed by atoms with E-state index in [1.807, 2.05) is 23.1 Å². The molecule has 6 heteroatoms. The van der Waals surface area contributed by atoms with Crippen LogP contribution in [0.3, 0.4) is 0 Å². The Morgan fingerprint density at radius 2 is 2.04 bits per heavy atom. The van der Waals surface area contributed by atoms with Crippen molar-refractivity contribution in [3.63, 3.8) is 0 Å². The number of amides is 2. The fourth-order valence-corrected chi connectivity index (χ4v) is 2.98. The Balaban J connectivity index is 1.64. The molecule has 0 atom stereocenters. The number of nitrogens with one attached hydrogen (secondary N) is 1. The molecule has 0 spiro atoms. The van der Waals surface area contributed by atoms with E-state index in [4.69, 9.17) is 4.74 Å². The van der Waals surface area contributed by atoms with E-state index < -0.39 is 0 Å². The number of rotatable bonds is 3. The lowest BCUT2D eigenvalue weighted by Gasteiger charge is -2.34. The van der Waals surface area contributed by atoms with Crippen LogP contribution in [0.25, 0.3) is 0 Å². The highest BCUT2D eigenvalue weighted by molar-refractivity contribution is 5.93. The summed E-state index contributed by atoms with van der Waals surface area (Å²) in [5.74, 6) is 0.757. The van der Waals surface area contributed by atoms with Crippen molar-refractivity contribution in [3.05, 3.63) is 23.8 Å². The molecule has 124 valence electrons. The van der Waals surface area contributed by atoms with Gasteiger partial charge in [0.1, 0.15) is 5.75 Å². The van der Waals surface area contributed by atoms with Crippen LogP contribution in [0.2, 0.25) is 0 Å². The Morgan fingerprint density at radius 1 is 1.26 bits per heavy atom. The maximum absolute atomic E-state index is 12.5. The van der Waals surface area contributed by atoms with Crippen LogP contribution in [-0.2, 0) is 16.0 Å². The number of hydrogen-bond acceptors (Lipinski definition) is 4. The minimum Gasteiger partial charge on any atom is -0.491 e. The molecule has 1 aromatic rings. The van der Waals surface area contributed by atoms with Gasteiger partial charge in [-0.15, -0.1) is 0 Å². The van der Waals surface area contributed by atoms with Crippen molar-refractivity contribution in [2.45, 2.75) is 19.8 Å². The standard InChI is InChI=1S/C17H23N3O3/c1-2-19-6-8-20(9-7-19)17(22)12-13-3-4-15-14(11-13)18-16(21)5-10-23-15/h3-4,11H,2,5-10,12H2,1H3,(H,18,21). The molecule has 0 aliphatic carbocycles. The molecule has 1 saturated heterocycles. The molecule has 0 aromatic heterocycles. The number of likely N-dealkylation sites (N-methyl/N-ethyl adjacent to an activating group) is 1. The Kier molecular flexibility index (Phi) is 4.81. The number of hydrogen-bond donors (Lipinski definition) is 1. The summed E-state index contributed by atoms with van der Waals surface area (Å²) in [7, 11) is 0. The summed E-state index contributed by atoms with van der Waals surface area (Å²) in [5, 5.41) is 2.83. The third-order valence-corrected chi connectivity index (χ3v) is 4.43. The van der Waals surface area contributed by atoms with Crippen LogP contribution in [0.15, 0.2) is 18.2 Å².